The number of carbonyl (C=O) groups excluding carboxylic acids is 2. The molecule has 2 saturated carbocycles. The fourth-order valence-electron chi connectivity index (χ4n) is 4.15. The molecule has 1 saturated heterocycles. The lowest BCUT2D eigenvalue weighted by molar-refractivity contribution is -0.168. The lowest BCUT2D eigenvalue weighted by Crippen LogP contribution is -2.77. The number of amides is 2. The number of nitrogens with one attached hydrogen (secondary N) is 1. The first-order chi connectivity index (χ1) is 9.89. The Hall–Kier alpha value is -1.06. The van der Waals surface area contributed by atoms with Gasteiger partial charge in [-0.25, -0.2) is 0 Å². The highest BCUT2D eigenvalue weighted by molar-refractivity contribution is 6.03. The molecule has 0 spiro atoms. The summed E-state index contributed by atoms with van der Waals surface area (Å²) in [6.45, 7) is 8.17. The van der Waals surface area contributed by atoms with Crippen LogP contribution in [-0.2, 0) is 9.59 Å². The molecule has 1 heterocycles. The second kappa shape index (κ2) is 4.72. The maximum atomic E-state index is 13.3. The normalized spacial score (nSPS) is 37.1. The van der Waals surface area contributed by atoms with Crippen LogP contribution in [0.15, 0.2) is 0 Å². The van der Waals surface area contributed by atoms with Crippen LogP contribution in [-0.4, -0.2) is 33.8 Å². The van der Waals surface area contributed by atoms with Gasteiger partial charge in [0, 0.05) is 6.04 Å². The van der Waals surface area contributed by atoms with E-state index in [2.05, 4.69) is 19.2 Å². The van der Waals surface area contributed by atoms with Gasteiger partial charge in [-0.15, -0.1) is 0 Å². The SMILES string of the molecule is CCC(CC)N1C(=O)C(C)(C2CC2)NC(=O)C1(C)C1CC1. The molecule has 3 rings (SSSR count). The second-order valence-electron chi connectivity index (χ2n) is 7.50. The van der Waals surface area contributed by atoms with Crippen LogP contribution in [0.2, 0.25) is 0 Å². The van der Waals surface area contributed by atoms with Gasteiger partial charge in [-0.2, -0.15) is 0 Å². The van der Waals surface area contributed by atoms with E-state index in [0.29, 0.717) is 11.8 Å². The predicted molar refractivity (Wildman–Crippen MR) is 81.6 cm³/mol. The van der Waals surface area contributed by atoms with E-state index in [4.69, 9.17) is 0 Å². The monoisotopic (exact) mass is 292 g/mol. The summed E-state index contributed by atoms with van der Waals surface area (Å²) in [6.07, 6.45) is 6.07. The van der Waals surface area contributed by atoms with E-state index in [1.807, 2.05) is 18.7 Å². The van der Waals surface area contributed by atoms with Crippen molar-refractivity contribution in [3.63, 3.8) is 0 Å². The number of piperazine rings is 1. The third-order valence-corrected chi connectivity index (χ3v) is 6.07. The number of rotatable bonds is 5. The van der Waals surface area contributed by atoms with Gasteiger partial charge in [0.05, 0.1) is 0 Å². The van der Waals surface area contributed by atoms with Crippen LogP contribution in [0, 0.1) is 11.8 Å². The molecular formula is C17H28N2O2. The molecule has 2 aliphatic carbocycles. The van der Waals surface area contributed by atoms with Crippen molar-refractivity contribution in [1.82, 2.24) is 10.2 Å². The predicted octanol–water partition coefficient (Wildman–Crippen LogP) is 2.47. The fraction of sp³-hybridized carbons (Fsp3) is 0.882. The summed E-state index contributed by atoms with van der Waals surface area (Å²) in [6, 6.07) is 0.173. The van der Waals surface area contributed by atoms with Gasteiger partial charge in [0.15, 0.2) is 0 Å². The standard InChI is InChI=1S/C17H28N2O2/c1-5-13(6-2)19-15(21)16(3,11-7-8-11)18-14(20)17(19,4)12-9-10-12/h11-13H,5-10H2,1-4H3,(H,18,20). The highest BCUT2D eigenvalue weighted by Gasteiger charge is 2.64. The number of hydrogen-bond donors (Lipinski definition) is 1. The highest BCUT2D eigenvalue weighted by atomic mass is 16.2. The lowest BCUT2D eigenvalue weighted by Gasteiger charge is -2.53. The van der Waals surface area contributed by atoms with Crippen molar-refractivity contribution < 1.29 is 9.59 Å². The van der Waals surface area contributed by atoms with E-state index in [1.54, 1.807) is 0 Å². The zero-order valence-corrected chi connectivity index (χ0v) is 13.7. The Morgan fingerprint density at radius 1 is 1.10 bits per heavy atom. The molecule has 4 nitrogen and oxygen atoms in total. The Morgan fingerprint density at radius 2 is 1.62 bits per heavy atom. The van der Waals surface area contributed by atoms with Gasteiger partial charge >= 0.3 is 0 Å². The maximum absolute atomic E-state index is 13.3. The fourth-order valence-corrected chi connectivity index (χ4v) is 4.15. The first-order valence-electron chi connectivity index (χ1n) is 8.55. The van der Waals surface area contributed by atoms with E-state index >= 15 is 0 Å². The summed E-state index contributed by atoms with van der Waals surface area (Å²) < 4.78 is 0. The average Bonchev–Trinajstić information content (AvgIpc) is 3.31. The molecule has 2 atom stereocenters. The topological polar surface area (TPSA) is 49.4 Å². The highest BCUT2D eigenvalue weighted by Crippen LogP contribution is 2.50. The molecule has 4 heteroatoms. The van der Waals surface area contributed by atoms with E-state index in [-0.39, 0.29) is 17.9 Å². The number of carbonyl (C=O) groups is 2. The molecule has 0 aromatic rings. The largest absolute Gasteiger partial charge is 0.340 e. The Bertz CT molecular complexity index is 465. The third kappa shape index (κ3) is 2.01. The average molecular weight is 292 g/mol. The van der Waals surface area contributed by atoms with Gasteiger partial charge in [0.1, 0.15) is 11.1 Å². The molecule has 118 valence electrons. The minimum Gasteiger partial charge on any atom is -0.340 e. The van der Waals surface area contributed by atoms with Crippen molar-refractivity contribution >= 4 is 11.8 Å². The molecule has 1 aliphatic heterocycles. The summed E-state index contributed by atoms with van der Waals surface area (Å²) in [7, 11) is 0. The summed E-state index contributed by atoms with van der Waals surface area (Å²) in [5.74, 6) is 0.902. The molecule has 0 aromatic heterocycles. The molecular weight excluding hydrogens is 264 g/mol. The molecule has 21 heavy (non-hydrogen) atoms. The number of hydrogen-bond acceptors (Lipinski definition) is 2. The van der Waals surface area contributed by atoms with Crippen molar-refractivity contribution in [2.75, 3.05) is 0 Å². The van der Waals surface area contributed by atoms with E-state index in [0.717, 1.165) is 38.5 Å². The van der Waals surface area contributed by atoms with Gasteiger partial charge in [-0.3, -0.25) is 9.59 Å². The van der Waals surface area contributed by atoms with Crippen molar-refractivity contribution in [2.24, 2.45) is 11.8 Å². The van der Waals surface area contributed by atoms with E-state index in [1.165, 1.54) is 0 Å². The molecule has 0 bridgehead atoms. The number of nitrogens with zero attached hydrogens (tertiary/aromatic N) is 1. The zero-order valence-electron chi connectivity index (χ0n) is 13.7. The second-order valence-corrected chi connectivity index (χ2v) is 7.50. The smallest absolute Gasteiger partial charge is 0.249 e. The van der Waals surface area contributed by atoms with Crippen LogP contribution in [0.5, 0.6) is 0 Å². The minimum absolute atomic E-state index is 0.0749. The summed E-state index contributed by atoms with van der Waals surface area (Å²) in [5, 5.41) is 3.12. The molecule has 1 N–H and O–H groups in total. The van der Waals surface area contributed by atoms with Crippen molar-refractivity contribution in [2.45, 2.75) is 83.3 Å². The molecule has 2 unspecified atom stereocenters. The molecule has 2 amide bonds. The van der Waals surface area contributed by atoms with Crippen molar-refractivity contribution in [3.8, 4) is 0 Å². The zero-order chi connectivity index (χ0) is 15.4. The summed E-state index contributed by atoms with van der Waals surface area (Å²) >= 11 is 0. The van der Waals surface area contributed by atoms with Crippen molar-refractivity contribution in [3.05, 3.63) is 0 Å². The van der Waals surface area contributed by atoms with E-state index in [9.17, 15) is 9.59 Å². The lowest BCUT2D eigenvalue weighted by atomic mass is 9.80. The molecule has 0 aromatic carbocycles. The third-order valence-electron chi connectivity index (χ3n) is 6.07. The Kier molecular flexibility index (Phi) is 3.34. The first kappa shape index (κ1) is 14.9. The molecule has 3 fully saturated rings. The van der Waals surface area contributed by atoms with Crippen LogP contribution in [0.1, 0.15) is 66.2 Å². The first-order valence-corrected chi connectivity index (χ1v) is 8.55. The Balaban J connectivity index is 2.02. The quantitative estimate of drug-likeness (QED) is 0.846. The van der Waals surface area contributed by atoms with Crippen LogP contribution in [0.3, 0.4) is 0 Å². The summed E-state index contributed by atoms with van der Waals surface area (Å²) in [5.41, 5.74) is -1.31. The minimum atomic E-state index is -0.673. The van der Waals surface area contributed by atoms with Crippen LogP contribution in [0.25, 0.3) is 0 Å². The molecule has 3 aliphatic rings. The van der Waals surface area contributed by atoms with Gasteiger partial charge in [0.25, 0.3) is 0 Å². The van der Waals surface area contributed by atoms with Gasteiger partial charge in [-0.05, 0) is 64.2 Å². The van der Waals surface area contributed by atoms with Crippen LogP contribution >= 0.6 is 0 Å². The van der Waals surface area contributed by atoms with Gasteiger partial charge < -0.3 is 10.2 Å². The van der Waals surface area contributed by atoms with Gasteiger partial charge in [-0.1, -0.05) is 13.8 Å². The van der Waals surface area contributed by atoms with Gasteiger partial charge in [0.2, 0.25) is 11.8 Å². The Labute approximate surface area is 127 Å². The Morgan fingerprint density at radius 3 is 2.05 bits per heavy atom. The van der Waals surface area contributed by atoms with Crippen molar-refractivity contribution in [1.29, 1.82) is 0 Å². The maximum Gasteiger partial charge on any atom is 0.249 e. The van der Waals surface area contributed by atoms with Crippen LogP contribution < -0.4 is 5.32 Å². The van der Waals surface area contributed by atoms with Crippen LogP contribution in [0.4, 0.5) is 0 Å². The molecule has 0 radical (unpaired) electrons. The summed E-state index contributed by atoms with van der Waals surface area (Å²) in [4.78, 5) is 28.2. The van der Waals surface area contributed by atoms with E-state index < -0.39 is 11.1 Å².